The van der Waals surface area contributed by atoms with Gasteiger partial charge in [0.1, 0.15) is 5.56 Å². The van der Waals surface area contributed by atoms with Gasteiger partial charge in [-0.15, -0.1) is 0 Å². The number of ether oxygens (including phenoxy) is 3. The highest BCUT2D eigenvalue weighted by Crippen LogP contribution is 2.39. The molecule has 126 valence electrons. The summed E-state index contributed by atoms with van der Waals surface area (Å²) in [7, 11) is 2.58. The van der Waals surface area contributed by atoms with E-state index in [0.29, 0.717) is 0 Å². The molecule has 0 bridgehead atoms. The molecule has 24 heavy (non-hydrogen) atoms. The van der Waals surface area contributed by atoms with Crippen LogP contribution < -0.4 is 9.47 Å². The number of hydrogen-bond donors (Lipinski definition) is 0. The van der Waals surface area contributed by atoms with Crippen molar-refractivity contribution in [2.45, 2.75) is 0 Å². The van der Waals surface area contributed by atoms with E-state index < -0.39 is 10.9 Å². The number of nitrogens with zero attached hydrogens (tertiary/aromatic N) is 2. The highest BCUT2D eigenvalue weighted by Gasteiger charge is 2.19. The minimum Gasteiger partial charge on any atom is -0.494 e. The van der Waals surface area contributed by atoms with Gasteiger partial charge in [-0.2, -0.15) is 0 Å². The highest BCUT2D eigenvalue weighted by molar-refractivity contribution is 6.37. The standard InChI is InChI=1S/C14H10Cl2N2O6/c1-22-11-6-17-12(5-8(11)14(19)23-2)24-13-9(15)3-7(18(20)21)4-10(13)16/h3-6H,1-2H3. The minimum absolute atomic E-state index is 0.0196. The van der Waals surface area contributed by atoms with Gasteiger partial charge in [0.15, 0.2) is 11.5 Å². The van der Waals surface area contributed by atoms with Crippen LogP contribution in [0.15, 0.2) is 24.4 Å². The van der Waals surface area contributed by atoms with E-state index >= 15 is 0 Å². The number of pyridine rings is 1. The number of aromatic nitrogens is 1. The van der Waals surface area contributed by atoms with Gasteiger partial charge in [-0.05, 0) is 0 Å². The van der Waals surface area contributed by atoms with Crippen LogP contribution in [0.1, 0.15) is 10.4 Å². The summed E-state index contributed by atoms with van der Waals surface area (Å²) in [6, 6.07) is 3.46. The Bertz CT molecular complexity index is 789. The van der Waals surface area contributed by atoms with E-state index in [1.807, 2.05) is 0 Å². The summed E-state index contributed by atoms with van der Waals surface area (Å²) < 4.78 is 15.1. The van der Waals surface area contributed by atoms with Gasteiger partial charge >= 0.3 is 5.97 Å². The maximum absolute atomic E-state index is 11.7. The number of non-ortho nitro benzene ring substituents is 1. The molecule has 0 fully saturated rings. The molecule has 0 radical (unpaired) electrons. The van der Waals surface area contributed by atoms with Crippen LogP contribution in [0, 0.1) is 10.1 Å². The Balaban J connectivity index is 2.42. The van der Waals surface area contributed by atoms with E-state index in [1.54, 1.807) is 0 Å². The van der Waals surface area contributed by atoms with Gasteiger partial charge in [0.25, 0.3) is 5.69 Å². The van der Waals surface area contributed by atoms with E-state index in [-0.39, 0.29) is 38.7 Å². The number of carbonyl (C=O) groups is 1. The van der Waals surface area contributed by atoms with Crippen molar-refractivity contribution in [3.8, 4) is 17.4 Å². The number of benzene rings is 1. The van der Waals surface area contributed by atoms with Crippen LogP contribution in [-0.2, 0) is 4.74 Å². The molecular formula is C14H10Cl2N2O6. The summed E-state index contributed by atoms with van der Waals surface area (Å²) in [4.78, 5) is 25.8. The molecule has 0 aliphatic rings. The predicted molar refractivity (Wildman–Crippen MR) is 85.3 cm³/mol. The molecule has 0 aliphatic carbocycles. The average Bonchev–Trinajstić information content (AvgIpc) is 2.56. The van der Waals surface area contributed by atoms with Crippen molar-refractivity contribution >= 4 is 34.9 Å². The summed E-state index contributed by atoms with van der Waals surface area (Å²) in [6.45, 7) is 0. The molecule has 8 nitrogen and oxygen atoms in total. The molecule has 0 N–H and O–H groups in total. The van der Waals surface area contributed by atoms with Crippen LogP contribution in [0.4, 0.5) is 5.69 Å². The zero-order chi connectivity index (χ0) is 17.9. The Morgan fingerprint density at radius 3 is 2.33 bits per heavy atom. The lowest BCUT2D eigenvalue weighted by atomic mass is 10.2. The first-order valence-electron chi connectivity index (χ1n) is 6.31. The van der Waals surface area contributed by atoms with Crippen LogP contribution in [-0.4, -0.2) is 30.1 Å². The van der Waals surface area contributed by atoms with Gasteiger partial charge in [-0.25, -0.2) is 9.78 Å². The highest BCUT2D eigenvalue weighted by atomic mass is 35.5. The van der Waals surface area contributed by atoms with Gasteiger partial charge < -0.3 is 14.2 Å². The number of halogens is 2. The van der Waals surface area contributed by atoms with E-state index in [9.17, 15) is 14.9 Å². The predicted octanol–water partition coefficient (Wildman–Crippen LogP) is 3.88. The third-order valence-corrected chi connectivity index (χ3v) is 3.43. The molecule has 2 rings (SSSR count). The van der Waals surface area contributed by atoms with Crippen LogP contribution in [0.2, 0.25) is 10.0 Å². The fourth-order valence-electron chi connectivity index (χ4n) is 1.77. The van der Waals surface area contributed by atoms with Crippen LogP contribution in [0.3, 0.4) is 0 Å². The fraction of sp³-hybridized carbons (Fsp3) is 0.143. The molecule has 2 aromatic rings. The lowest BCUT2D eigenvalue weighted by Crippen LogP contribution is -2.05. The smallest absolute Gasteiger partial charge is 0.341 e. The number of esters is 1. The Labute approximate surface area is 146 Å². The SMILES string of the molecule is COC(=O)c1cc(Oc2c(Cl)cc([N+](=O)[O-])cc2Cl)ncc1OC. The quantitative estimate of drug-likeness (QED) is 0.445. The summed E-state index contributed by atoms with van der Waals surface area (Å²) in [5, 5.41) is 10.6. The summed E-state index contributed by atoms with van der Waals surface area (Å²) >= 11 is 11.9. The normalized spacial score (nSPS) is 10.2. The second kappa shape index (κ2) is 7.33. The largest absolute Gasteiger partial charge is 0.494 e. The zero-order valence-corrected chi connectivity index (χ0v) is 13.9. The maximum Gasteiger partial charge on any atom is 0.341 e. The minimum atomic E-state index is -0.653. The van der Waals surface area contributed by atoms with Crippen molar-refractivity contribution in [3.63, 3.8) is 0 Å². The Morgan fingerprint density at radius 1 is 1.21 bits per heavy atom. The first-order valence-corrected chi connectivity index (χ1v) is 7.06. The van der Waals surface area contributed by atoms with Crippen molar-refractivity contribution in [3.05, 3.63) is 50.1 Å². The number of carbonyl (C=O) groups excluding carboxylic acids is 1. The second-order valence-corrected chi connectivity index (χ2v) is 5.13. The first kappa shape index (κ1) is 17.8. The molecule has 10 heteroatoms. The van der Waals surface area contributed by atoms with Gasteiger partial charge in [0.2, 0.25) is 5.88 Å². The molecular weight excluding hydrogens is 363 g/mol. The summed E-state index contributed by atoms with van der Waals surface area (Å²) in [5.74, 6) is -0.513. The zero-order valence-electron chi connectivity index (χ0n) is 12.4. The van der Waals surface area contributed by atoms with Crippen molar-refractivity contribution in [1.29, 1.82) is 0 Å². The van der Waals surface area contributed by atoms with E-state index in [0.717, 1.165) is 12.1 Å². The lowest BCUT2D eigenvalue weighted by molar-refractivity contribution is -0.384. The monoisotopic (exact) mass is 372 g/mol. The van der Waals surface area contributed by atoms with Gasteiger partial charge in [-0.3, -0.25) is 10.1 Å². The third kappa shape index (κ3) is 3.66. The molecule has 0 saturated heterocycles. The maximum atomic E-state index is 11.7. The number of hydrogen-bond acceptors (Lipinski definition) is 7. The Morgan fingerprint density at radius 2 is 1.83 bits per heavy atom. The van der Waals surface area contributed by atoms with Gasteiger partial charge in [-0.1, -0.05) is 23.2 Å². The number of methoxy groups -OCH3 is 2. The van der Waals surface area contributed by atoms with Crippen molar-refractivity contribution in [1.82, 2.24) is 4.98 Å². The number of nitro benzene ring substituents is 1. The topological polar surface area (TPSA) is 101 Å². The van der Waals surface area contributed by atoms with Crippen molar-refractivity contribution < 1.29 is 23.9 Å². The van der Waals surface area contributed by atoms with Crippen molar-refractivity contribution in [2.24, 2.45) is 0 Å². The summed E-state index contributed by atoms with van der Waals surface area (Å²) in [6.07, 6.45) is 1.26. The lowest BCUT2D eigenvalue weighted by Gasteiger charge is -2.11. The molecule has 0 spiro atoms. The van der Waals surface area contributed by atoms with Crippen LogP contribution >= 0.6 is 23.2 Å². The van der Waals surface area contributed by atoms with Crippen LogP contribution in [0.5, 0.6) is 17.4 Å². The number of nitro groups is 1. The van der Waals surface area contributed by atoms with Crippen LogP contribution in [0.25, 0.3) is 0 Å². The molecule has 0 amide bonds. The van der Waals surface area contributed by atoms with E-state index in [2.05, 4.69) is 9.72 Å². The van der Waals surface area contributed by atoms with Gasteiger partial charge in [0.05, 0.1) is 35.4 Å². The Hall–Kier alpha value is -2.58. The van der Waals surface area contributed by atoms with E-state index in [1.165, 1.54) is 26.5 Å². The molecule has 1 heterocycles. The van der Waals surface area contributed by atoms with E-state index in [4.69, 9.17) is 32.7 Å². The second-order valence-electron chi connectivity index (χ2n) is 4.31. The molecule has 0 unspecified atom stereocenters. The molecule has 1 aromatic carbocycles. The van der Waals surface area contributed by atoms with Crippen molar-refractivity contribution in [2.75, 3.05) is 14.2 Å². The molecule has 0 atom stereocenters. The Kier molecular flexibility index (Phi) is 5.42. The number of rotatable bonds is 5. The summed E-state index contributed by atoms with van der Waals surface area (Å²) in [5.41, 5.74) is -0.200. The molecule has 0 saturated carbocycles. The average molecular weight is 373 g/mol. The third-order valence-electron chi connectivity index (χ3n) is 2.87. The molecule has 1 aromatic heterocycles. The molecule has 0 aliphatic heterocycles. The first-order chi connectivity index (χ1) is 11.4. The van der Waals surface area contributed by atoms with Gasteiger partial charge in [0, 0.05) is 18.2 Å². The fourth-order valence-corrected chi connectivity index (χ4v) is 2.32.